The first kappa shape index (κ1) is 21.6. The Morgan fingerprint density at radius 2 is 1.68 bits per heavy atom. The highest BCUT2D eigenvalue weighted by molar-refractivity contribution is 5.85. The van der Waals surface area contributed by atoms with Crippen molar-refractivity contribution in [2.75, 3.05) is 39.5 Å². The fourth-order valence-corrected chi connectivity index (χ4v) is 2.84. The van der Waals surface area contributed by atoms with Gasteiger partial charge in [0, 0.05) is 6.54 Å². The van der Waals surface area contributed by atoms with E-state index in [1.165, 1.54) is 0 Å². The molecule has 1 aliphatic heterocycles. The van der Waals surface area contributed by atoms with Crippen molar-refractivity contribution in [2.45, 2.75) is 33.1 Å². The summed E-state index contributed by atoms with van der Waals surface area (Å²) in [6.07, 6.45) is 2.72. The predicted molar refractivity (Wildman–Crippen MR) is 101 cm³/mol. The summed E-state index contributed by atoms with van der Waals surface area (Å²) in [7, 11) is 0. The molecule has 0 aromatic heterocycles. The number of benzene rings is 1. The molecule has 0 atom stereocenters. The minimum atomic E-state index is -0.0459. The molecule has 0 spiro atoms. The molecule has 5 nitrogen and oxygen atoms in total. The first-order valence-corrected chi connectivity index (χ1v) is 8.98. The number of rotatable bonds is 9. The lowest BCUT2D eigenvalue weighted by molar-refractivity contribution is -0.149. The molecule has 0 saturated carbocycles. The number of nitrogens with zero attached hydrogens (tertiary/aromatic N) is 1. The zero-order chi connectivity index (χ0) is 17.2. The van der Waals surface area contributed by atoms with Crippen LogP contribution < -0.4 is 9.47 Å². The van der Waals surface area contributed by atoms with Crippen molar-refractivity contribution in [3.05, 3.63) is 24.3 Å². The first-order chi connectivity index (χ1) is 11.7. The molecule has 1 aromatic rings. The van der Waals surface area contributed by atoms with Crippen LogP contribution in [0, 0.1) is 5.92 Å². The number of halogens is 1. The van der Waals surface area contributed by atoms with Gasteiger partial charge in [-0.25, -0.2) is 0 Å². The predicted octanol–water partition coefficient (Wildman–Crippen LogP) is 3.55. The summed E-state index contributed by atoms with van der Waals surface area (Å²) in [5, 5.41) is 0. The maximum Gasteiger partial charge on any atom is 0.309 e. The van der Waals surface area contributed by atoms with Gasteiger partial charge in [-0.05, 0) is 51.4 Å². The summed E-state index contributed by atoms with van der Waals surface area (Å²) in [4.78, 5) is 14.1. The Balaban J connectivity index is 0.00000312. The molecule has 25 heavy (non-hydrogen) atoms. The molecular weight excluding hydrogens is 342 g/mol. The summed E-state index contributed by atoms with van der Waals surface area (Å²) in [6.45, 7) is 8.42. The van der Waals surface area contributed by atoms with Crippen LogP contribution in [-0.2, 0) is 9.53 Å². The summed E-state index contributed by atoms with van der Waals surface area (Å²) in [6, 6.07) is 7.80. The fraction of sp³-hybridized carbons (Fsp3) is 0.632. The normalized spacial score (nSPS) is 15.3. The quantitative estimate of drug-likeness (QED) is 0.621. The van der Waals surface area contributed by atoms with Crippen molar-refractivity contribution in [1.29, 1.82) is 0 Å². The number of likely N-dealkylation sites (tertiary alicyclic amines) is 1. The molecule has 0 amide bonds. The lowest BCUT2D eigenvalue weighted by atomic mass is 9.97. The highest BCUT2D eigenvalue weighted by atomic mass is 35.5. The van der Waals surface area contributed by atoms with Gasteiger partial charge >= 0.3 is 5.97 Å². The first-order valence-electron chi connectivity index (χ1n) is 8.98. The van der Waals surface area contributed by atoms with Crippen molar-refractivity contribution >= 4 is 18.4 Å². The molecule has 6 heteroatoms. The Kier molecular flexibility index (Phi) is 10.3. The zero-order valence-corrected chi connectivity index (χ0v) is 16.1. The number of para-hydroxylation sites is 2. The number of esters is 1. The Bertz CT molecular complexity index is 504. The second-order valence-corrected chi connectivity index (χ2v) is 6.01. The number of carbonyl (C=O) groups is 1. The number of piperidine rings is 1. The van der Waals surface area contributed by atoms with Crippen LogP contribution in [0.3, 0.4) is 0 Å². The van der Waals surface area contributed by atoms with Gasteiger partial charge < -0.3 is 14.2 Å². The number of ether oxygens (including phenoxy) is 3. The summed E-state index contributed by atoms with van der Waals surface area (Å²) >= 11 is 0. The van der Waals surface area contributed by atoms with Gasteiger partial charge in [0.05, 0.1) is 19.1 Å². The van der Waals surface area contributed by atoms with Crippen LogP contribution in [0.1, 0.15) is 33.1 Å². The number of carbonyl (C=O) groups excluding carboxylic acids is 1. The van der Waals surface area contributed by atoms with Gasteiger partial charge in [-0.15, -0.1) is 12.4 Å². The third-order valence-corrected chi connectivity index (χ3v) is 4.18. The van der Waals surface area contributed by atoms with Gasteiger partial charge in [0.15, 0.2) is 11.5 Å². The molecule has 142 valence electrons. The van der Waals surface area contributed by atoms with E-state index in [0.717, 1.165) is 50.4 Å². The van der Waals surface area contributed by atoms with Crippen LogP contribution in [0.2, 0.25) is 0 Å². The van der Waals surface area contributed by atoms with Crippen LogP contribution in [-0.4, -0.2) is 50.3 Å². The van der Waals surface area contributed by atoms with Gasteiger partial charge in [0.1, 0.15) is 6.61 Å². The topological polar surface area (TPSA) is 48.0 Å². The van der Waals surface area contributed by atoms with E-state index in [9.17, 15) is 4.79 Å². The second-order valence-electron chi connectivity index (χ2n) is 6.01. The third kappa shape index (κ3) is 7.12. The van der Waals surface area contributed by atoms with Gasteiger partial charge in [-0.1, -0.05) is 19.1 Å². The molecule has 0 bridgehead atoms. The van der Waals surface area contributed by atoms with E-state index in [-0.39, 0.29) is 24.3 Å². The molecule has 0 aliphatic carbocycles. The van der Waals surface area contributed by atoms with E-state index < -0.39 is 0 Å². The molecule has 1 aliphatic rings. The summed E-state index contributed by atoms with van der Waals surface area (Å²) in [5.41, 5.74) is 0. The number of hydrogen-bond donors (Lipinski definition) is 0. The molecule has 1 saturated heterocycles. The minimum absolute atomic E-state index is 0. The Labute approximate surface area is 157 Å². The summed E-state index contributed by atoms with van der Waals surface area (Å²) < 4.78 is 16.7. The maximum atomic E-state index is 11.7. The molecule has 0 radical (unpaired) electrons. The highest BCUT2D eigenvalue weighted by Crippen LogP contribution is 2.26. The van der Waals surface area contributed by atoms with Crippen LogP contribution in [0.25, 0.3) is 0 Å². The average Bonchev–Trinajstić information content (AvgIpc) is 2.61. The summed E-state index contributed by atoms with van der Waals surface area (Å²) in [5.74, 6) is 1.62. The van der Waals surface area contributed by atoms with Crippen LogP contribution in [0.5, 0.6) is 11.5 Å². The molecule has 0 N–H and O–H groups in total. The maximum absolute atomic E-state index is 11.7. The largest absolute Gasteiger partial charge is 0.490 e. The number of hydrogen-bond acceptors (Lipinski definition) is 5. The van der Waals surface area contributed by atoms with Crippen molar-refractivity contribution < 1.29 is 19.0 Å². The minimum Gasteiger partial charge on any atom is -0.490 e. The van der Waals surface area contributed by atoms with Crippen LogP contribution >= 0.6 is 12.4 Å². The van der Waals surface area contributed by atoms with E-state index >= 15 is 0 Å². The Morgan fingerprint density at radius 3 is 2.24 bits per heavy atom. The third-order valence-electron chi connectivity index (χ3n) is 4.18. The van der Waals surface area contributed by atoms with E-state index in [4.69, 9.17) is 14.2 Å². The van der Waals surface area contributed by atoms with Crippen molar-refractivity contribution in [3.8, 4) is 11.5 Å². The fourth-order valence-electron chi connectivity index (χ4n) is 2.84. The lowest BCUT2D eigenvalue weighted by Gasteiger charge is -2.30. The van der Waals surface area contributed by atoms with Crippen molar-refractivity contribution in [2.24, 2.45) is 5.92 Å². The molecular formula is C19H30ClNO4. The van der Waals surface area contributed by atoms with E-state index in [1.807, 2.05) is 31.2 Å². The average molecular weight is 372 g/mol. The van der Waals surface area contributed by atoms with Gasteiger partial charge in [0.2, 0.25) is 0 Å². The van der Waals surface area contributed by atoms with E-state index in [1.54, 1.807) is 0 Å². The smallest absolute Gasteiger partial charge is 0.309 e. The molecule has 2 rings (SSSR count). The van der Waals surface area contributed by atoms with Crippen LogP contribution in [0.4, 0.5) is 0 Å². The lowest BCUT2D eigenvalue weighted by Crippen LogP contribution is -2.39. The second kappa shape index (κ2) is 12.0. The van der Waals surface area contributed by atoms with Gasteiger partial charge in [-0.3, -0.25) is 9.69 Å². The van der Waals surface area contributed by atoms with E-state index in [0.29, 0.717) is 19.8 Å². The Hall–Kier alpha value is -1.46. The van der Waals surface area contributed by atoms with Crippen molar-refractivity contribution in [3.63, 3.8) is 0 Å². The standard InChI is InChI=1S/C19H29NO4.ClH/c1-3-14-23-17-7-5-6-8-18(17)24-15-13-20-11-9-16(10-12-20)19(21)22-4-2;/h5-8,16H,3-4,9-15H2,1-2H3;1H. The zero-order valence-electron chi connectivity index (χ0n) is 15.2. The van der Waals surface area contributed by atoms with E-state index in [2.05, 4.69) is 11.8 Å². The monoisotopic (exact) mass is 371 g/mol. The van der Waals surface area contributed by atoms with Crippen LogP contribution in [0.15, 0.2) is 24.3 Å². The van der Waals surface area contributed by atoms with Gasteiger partial charge in [-0.2, -0.15) is 0 Å². The molecule has 1 fully saturated rings. The molecule has 1 heterocycles. The SMILES string of the molecule is CCCOc1ccccc1OCCN1CCC(C(=O)OCC)CC1.Cl. The highest BCUT2D eigenvalue weighted by Gasteiger charge is 2.25. The van der Waals surface area contributed by atoms with Gasteiger partial charge in [0.25, 0.3) is 0 Å². The molecule has 1 aromatic carbocycles. The Morgan fingerprint density at radius 1 is 1.08 bits per heavy atom. The van der Waals surface area contributed by atoms with Crippen molar-refractivity contribution in [1.82, 2.24) is 4.90 Å². The molecule has 0 unspecified atom stereocenters.